The molecule has 2 heterocycles. The van der Waals surface area contributed by atoms with Crippen LogP contribution in [0.4, 0.5) is 0 Å². The van der Waals surface area contributed by atoms with Crippen molar-refractivity contribution < 1.29 is 5.11 Å². The summed E-state index contributed by atoms with van der Waals surface area (Å²) in [7, 11) is 0. The topological polar surface area (TPSA) is 48.9 Å². The van der Waals surface area contributed by atoms with Gasteiger partial charge in [0.2, 0.25) is 0 Å². The zero-order valence-electron chi connectivity index (χ0n) is 11.1. The van der Waals surface area contributed by atoms with Gasteiger partial charge in [-0.1, -0.05) is 30.3 Å². The summed E-state index contributed by atoms with van der Waals surface area (Å²) in [6.07, 6.45) is 0. The van der Waals surface area contributed by atoms with Gasteiger partial charge in [-0.3, -0.25) is 5.10 Å². The molecule has 0 saturated carbocycles. The van der Waals surface area contributed by atoms with Gasteiger partial charge in [-0.25, -0.2) is 0 Å². The fraction of sp³-hybridized carbons (Fsp3) is 0. The van der Waals surface area contributed by atoms with Crippen LogP contribution in [0, 0.1) is 0 Å². The van der Waals surface area contributed by atoms with E-state index in [9.17, 15) is 5.11 Å². The molecule has 0 fully saturated rings. The van der Waals surface area contributed by atoms with E-state index in [-0.39, 0.29) is 5.75 Å². The first-order valence-electron chi connectivity index (χ1n) is 6.64. The molecule has 0 radical (unpaired) electrons. The van der Waals surface area contributed by atoms with Gasteiger partial charge >= 0.3 is 0 Å². The second-order valence-electron chi connectivity index (χ2n) is 4.83. The van der Waals surface area contributed by atoms with Gasteiger partial charge in [-0.15, -0.1) is 11.3 Å². The highest BCUT2D eigenvalue weighted by molar-refractivity contribution is 7.22. The monoisotopic (exact) mass is 292 g/mol. The molecule has 0 bridgehead atoms. The molecule has 0 aliphatic heterocycles. The van der Waals surface area contributed by atoms with Gasteiger partial charge in [0.1, 0.15) is 5.75 Å². The zero-order chi connectivity index (χ0) is 14.2. The molecule has 0 atom stereocenters. The number of hydrogen-bond donors (Lipinski definition) is 2. The number of benzene rings is 2. The lowest BCUT2D eigenvalue weighted by Gasteiger charge is -1.98. The first kappa shape index (κ1) is 12.2. The van der Waals surface area contributed by atoms with Gasteiger partial charge in [0.15, 0.2) is 0 Å². The van der Waals surface area contributed by atoms with Crippen molar-refractivity contribution in [1.29, 1.82) is 0 Å². The van der Waals surface area contributed by atoms with Crippen LogP contribution < -0.4 is 0 Å². The summed E-state index contributed by atoms with van der Waals surface area (Å²) in [6, 6.07) is 19.7. The predicted molar refractivity (Wildman–Crippen MR) is 86.5 cm³/mol. The number of phenols is 1. The van der Waals surface area contributed by atoms with E-state index in [0.717, 1.165) is 21.8 Å². The molecular formula is C17H12N2OS. The molecule has 0 saturated heterocycles. The second-order valence-corrected chi connectivity index (χ2v) is 5.92. The first-order valence-corrected chi connectivity index (χ1v) is 7.45. The van der Waals surface area contributed by atoms with Crippen LogP contribution in [0.3, 0.4) is 0 Å². The first-order chi connectivity index (χ1) is 10.3. The van der Waals surface area contributed by atoms with Gasteiger partial charge in [-0.2, -0.15) is 5.10 Å². The number of aromatic amines is 1. The number of hydrogen-bond acceptors (Lipinski definition) is 3. The number of H-pyrrole nitrogens is 1. The van der Waals surface area contributed by atoms with E-state index in [0.29, 0.717) is 0 Å². The number of nitrogens with one attached hydrogen (secondary N) is 1. The molecular weight excluding hydrogens is 280 g/mol. The summed E-state index contributed by atoms with van der Waals surface area (Å²) in [5.41, 5.74) is 2.45. The van der Waals surface area contributed by atoms with Crippen LogP contribution in [-0.4, -0.2) is 15.3 Å². The van der Waals surface area contributed by atoms with E-state index in [1.807, 2.05) is 30.3 Å². The normalized spacial score (nSPS) is 11.0. The molecule has 0 unspecified atom stereocenters. The van der Waals surface area contributed by atoms with Crippen LogP contribution in [0.5, 0.6) is 5.75 Å². The van der Waals surface area contributed by atoms with Crippen LogP contribution in [-0.2, 0) is 0 Å². The minimum absolute atomic E-state index is 0.242. The Morgan fingerprint density at radius 2 is 1.76 bits per heavy atom. The number of aromatic nitrogens is 2. The molecule has 0 spiro atoms. The Balaban J connectivity index is 1.79. The smallest absolute Gasteiger partial charge is 0.125 e. The van der Waals surface area contributed by atoms with Crippen LogP contribution in [0.1, 0.15) is 0 Å². The lowest BCUT2D eigenvalue weighted by molar-refractivity contribution is 0.477. The van der Waals surface area contributed by atoms with Gasteiger partial charge in [0, 0.05) is 10.3 Å². The molecule has 0 aliphatic rings. The van der Waals surface area contributed by atoms with E-state index in [4.69, 9.17) is 0 Å². The Labute approximate surface area is 125 Å². The summed E-state index contributed by atoms with van der Waals surface area (Å²) in [6.45, 7) is 0. The molecule has 21 heavy (non-hydrogen) atoms. The number of nitrogens with zero attached hydrogens (tertiary/aromatic N) is 1. The maximum Gasteiger partial charge on any atom is 0.125 e. The highest BCUT2D eigenvalue weighted by Crippen LogP contribution is 2.35. The zero-order valence-corrected chi connectivity index (χ0v) is 11.9. The molecule has 2 aromatic heterocycles. The molecule has 4 rings (SSSR count). The third-order valence-electron chi connectivity index (χ3n) is 3.45. The third kappa shape index (κ3) is 2.10. The van der Waals surface area contributed by atoms with E-state index >= 15 is 0 Å². The van der Waals surface area contributed by atoms with Crippen molar-refractivity contribution in [3.8, 4) is 27.6 Å². The summed E-state index contributed by atoms with van der Waals surface area (Å²) >= 11 is 1.73. The molecule has 4 heteroatoms. The van der Waals surface area contributed by atoms with Crippen LogP contribution in [0.15, 0.2) is 60.7 Å². The van der Waals surface area contributed by atoms with Crippen molar-refractivity contribution in [2.45, 2.75) is 0 Å². The Morgan fingerprint density at radius 3 is 2.62 bits per heavy atom. The third-order valence-corrected chi connectivity index (χ3v) is 4.60. The predicted octanol–water partition coefficient (Wildman–Crippen LogP) is 4.66. The number of fused-ring (bicyclic) bond motifs is 1. The highest BCUT2D eigenvalue weighted by atomic mass is 32.1. The average molecular weight is 292 g/mol. The largest absolute Gasteiger partial charge is 0.507 e. The summed E-state index contributed by atoms with van der Waals surface area (Å²) < 4.78 is 1.26. The van der Waals surface area contributed by atoms with Crippen LogP contribution in [0.25, 0.3) is 31.9 Å². The molecule has 0 aliphatic carbocycles. The van der Waals surface area contributed by atoms with Crippen molar-refractivity contribution in [3.05, 3.63) is 60.7 Å². The van der Waals surface area contributed by atoms with Gasteiger partial charge in [0.05, 0.1) is 16.3 Å². The number of para-hydroxylation sites is 1. The maximum atomic E-state index is 9.91. The van der Waals surface area contributed by atoms with E-state index < -0.39 is 0 Å². The van der Waals surface area contributed by atoms with Crippen molar-refractivity contribution in [2.24, 2.45) is 0 Å². The quantitative estimate of drug-likeness (QED) is 0.564. The lowest BCUT2D eigenvalue weighted by Crippen LogP contribution is -1.77. The number of thiophene rings is 1. The van der Waals surface area contributed by atoms with E-state index in [1.165, 1.54) is 10.1 Å². The number of rotatable bonds is 2. The fourth-order valence-corrected chi connectivity index (χ4v) is 3.42. The summed E-state index contributed by atoms with van der Waals surface area (Å²) in [5, 5.41) is 18.5. The Morgan fingerprint density at radius 1 is 0.952 bits per heavy atom. The van der Waals surface area contributed by atoms with E-state index in [1.54, 1.807) is 23.5 Å². The SMILES string of the molecule is Oc1ccccc1-c1cc(-c2cc3ccccc3s2)[nH]n1. The Kier molecular flexibility index (Phi) is 2.75. The van der Waals surface area contributed by atoms with Gasteiger partial charge in [-0.05, 0) is 35.7 Å². The van der Waals surface area contributed by atoms with Crippen molar-refractivity contribution >= 4 is 21.4 Å². The van der Waals surface area contributed by atoms with Gasteiger partial charge in [0.25, 0.3) is 0 Å². The minimum Gasteiger partial charge on any atom is -0.507 e. The minimum atomic E-state index is 0.242. The lowest BCUT2D eigenvalue weighted by atomic mass is 10.1. The van der Waals surface area contributed by atoms with Crippen molar-refractivity contribution in [2.75, 3.05) is 0 Å². The maximum absolute atomic E-state index is 9.91. The molecule has 2 N–H and O–H groups in total. The summed E-state index contributed by atoms with van der Waals surface area (Å²) in [5.74, 6) is 0.242. The van der Waals surface area contributed by atoms with Crippen LogP contribution in [0.2, 0.25) is 0 Å². The standard InChI is InChI=1S/C17H12N2OS/c20-15-7-3-2-6-12(15)13-10-14(19-18-13)17-9-11-5-1-4-8-16(11)21-17/h1-10,20H,(H,18,19). The fourth-order valence-electron chi connectivity index (χ4n) is 2.39. The Bertz CT molecular complexity index is 890. The van der Waals surface area contributed by atoms with Crippen LogP contribution >= 0.6 is 11.3 Å². The summed E-state index contributed by atoms with van der Waals surface area (Å²) in [4.78, 5) is 1.14. The molecule has 4 aromatic rings. The molecule has 0 amide bonds. The molecule has 102 valence electrons. The average Bonchev–Trinajstić information content (AvgIpc) is 3.14. The second kappa shape index (κ2) is 4.75. The van der Waals surface area contributed by atoms with Crippen molar-refractivity contribution in [1.82, 2.24) is 10.2 Å². The molecule has 2 aromatic carbocycles. The number of aromatic hydroxyl groups is 1. The molecule has 3 nitrogen and oxygen atoms in total. The highest BCUT2D eigenvalue weighted by Gasteiger charge is 2.11. The van der Waals surface area contributed by atoms with Crippen molar-refractivity contribution in [3.63, 3.8) is 0 Å². The Hall–Kier alpha value is -2.59. The van der Waals surface area contributed by atoms with Gasteiger partial charge < -0.3 is 5.11 Å². The number of phenolic OH excluding ortho intramolecular Hbond substituents is 1. The van der Waals surface area contributed by atoms with E-state index in [2.05, 4.69) is 28.4 Å².